The SMILES string of the molecule is O=C(NC1CCC(CCN2CCC(c3coc4ccccc34)CC2)CC1)C(F)(F)F. The molecule has 2 aliphatic rings. The zero-order valence-corrected chi connectivity index (χ0v) is 17.1. The molecular formula is C23H29F3N2O2. The van der Waals surface area contributed by atoms with Crippen LogP contribution in [0.2, 0.25) is 0 Å². The molecule has 0 unspecified atom stereocenters. The predicted molar refractivity (Wildman–Crippen MR) is 109 cm³/mol. The van der Waals surface area contributed by atoms with E-state index in [0.717, 1.165) is 57.3 Å². The lowest BCUT2D eigenvalue weighted by Crippen LogP contribution is -2.44. The molecule has 0 spiro atoms. The van der Waals surface area contributed by atoms with Gasteiger partial charge in [0.2, 0.25) is 0 Å². The molecule has 0 bridgehead atoms. The number of carbonyl (C=O) groups excluding carboxylic acids is 1. The molecule has 1 aromatic heterocycles. The zero-order valence-electron chi connectivity index (χ0n) is 17.1. The number of nitrogens with one attached hydrogen (secondary N) is 1. The molecule has 1 aromatic carbocycles. The highest BCUT2D eigenvalue weighted by atomic mass is 19.4. The van der Waals surface area contributed by atoms with Crippen molar-refractivity contribution < 1.29 is 22.4 Å². The summed E-state index contributed by atoms with van der Waals surface area (Å²) in [5, 5.41) is 3.36. The highest BCUT2D eigenvalue weighted by Crippen LogP contribution is 2.35. The van der Waals surface area contributed by atoms with Gasteiger partial charge in [0.1, 0.15) is 5.58 Å². The quantitative estimate of drug-likeness (QED) is 0.717. The minimum atomic E-state index is -4.79. The molecular weight excluding hydrogens is 393 g/mol. The Labute approximate surface area is 174 Å². The third-order valence-electron chi connectivity index (χ3n) is 6.83. The molecule has 7 heteroatoms. The number of amides is 1. The fraction of sp³-hybridized carbons (Fsp3) is 0.609. The predicted octanol–water partition coefficient (Wildman–Crippen LogP) is 5.24. The summed E-state index contributed by atoms with van der Waals surface area (Å²) in [7, 11) is 0. The number of rotatable bonds is 5. The Balaban J connectivity index is 1.17. The minimum absolute atomic E-state index is 0.337. The first-order chi connectivity index (χ1) is 14.4. The van der Waals surface area contributed by atoms with Gasteiger partial charge in [-0.1, -0.05) is 18.2 Å². The second kappa shape index (κ2) is 9.00. The average Bonchev–Trinajstić information content (AvgIpc) is 3.17. The van der Waals surface area contributed by atoms with Crippen LogP contribution in [0.25, 0.3) is 11.0 Å². The van der Waals surface area contributed by atoms with Gasteiger partial charge in [0.25, 0.3) is 0 Å². The molecule has 1 saturated heterocycles. The van der Waals surface area contributed by atoms with E-state index in [1.807, 2.05) is 18.4 Å². The Morgan fingerprint density at radius 1 is 1.07 bits per heavy atom. The number of halogens is 3. The van der Waals surface area contributed by atoms with E-state index < -0.39 is 12.1 Å². The van der Waals surface area contributed by atoms with Crippen molar-refractivity contribution in [3.63, 3.8) is 0 Å². The van der Waals surface area contributed by atoms with Crippen molar-refractivity contribution in [2.24, 2.45) is 5.92 Å². The van der Waals surface area contributed by atoms with E-state index in [2.05, 4.69) is 22.3 Å². The van der Waals surface area contributed by atoms with E-state index in [0.29, 0.717) is 24.7 Å². The first-order valence-corrected chi connectivity index (χ1v) is 11.0. The van der Waals surface area contributed by atoms with Crippen LogP contribution in [0.4, 0.5) is 13.2 Å². The van der Waals surface area contributed by atoms with Gasteiger partial charge in [-0.25, -0.2) is 0 Å². The number of likely N-dealkylation sites (tertiary alicyclic amines) is 1. The number of fused-ring (bicyclic) bond motifs is 1. The summed E-state index contributed by atoms with van der Waals surface area (Å²) in [5.74, 6) is -0.726. The van der Waals surface area contributed by atoms with Crippen LogP contribution in [0, 0.1) is 5.92 Å². The van der Waals surface area contributed by atoms with E-state index >= 15 is 0 Å². The molecule has 1 amide bonds. The van der Waals surface area contributed by atoms with Crippen molar-refractivity contribution in [3.05, 3.63) is 36.1 Å². The van der Waals surface area contributed by atoms with Gasteiger partial charge in [0, 0.05) is 17.0 Å². The van der Waals surface area contributed by atoms with Crippen LogP contribution in [0.3, 0.4) is 0 Å². The van der Waals surface area contributed by atoms with Crippen LogP contribution in [0.15, 0.2) is 34.9 Å². The largest absolute Gasteiger partial charge is 0.471 e. The minimum Gasteiger partial charge on any atom is -0.464 e. The lowest BCUT2D eigenvalue weighted by molar-refractivity contribution is -0.174. The van der Waals surface area contributed by atoms with Gasteiger partial charge < -0.3 is 14.6 Å². The van der Waals surface area contributed by atoms with E-state index in [-0.39, 0.29) is 6.04 Å². The number of benzene rings is 1. The van der Waals surface area contributed by atoms with Crippen molar-refractivity contribution in [1.29, 1.82) is 0 Å². The van der Waals surface area contributed by atoms with Crippen molar-refractivity contribution in [2.75, 3.05) is 19.6 Å². The molecule has 2 heterocycles. The number of para-hydroxylation sites is 1. The van der Waals surface area contributed by atoms with Gasteiger partial charge in [-0.2, -0.15) is 13.2 Å². The summed E-state index contributed by atoms with van der Waals surface area (Å²) < 4.78 is 42.8. The highest BCUT2D eigenvalue weighted by molar-refractivity contribution is 5.82. The number of furan rings is 1. The third-order valence-corrected chi connectivity index (χ3v) is 6.83. The second-order valence-electron chi connectivity index (χ2n) is 8.78. The lowest BCUT2D eigenvalue weighted by atomic mass is 9.83. The summed E-state index contributed by atoms with van der Waals surface area (Å²) in [6.45, 7) is 3.19. The number of alkyl halides is 3. The van der Waals surface area contributed by atoms with Crippen LogP contribution < -0.4 is 5.32 Å². The Hall–Kier alpha value is -2.02. The van der Waals surface area contributed by atoms with Gasteiger partial charge in [-0.15, -0.1) is 0 Å². The number of nitrogens with zero attached hydrogens (tertiary/aromatic N) is 1. The standard InChI is InChI=1S/C23H29F3N2O2/c24-23(25,26)22(29)27-18-7-5-16(6-8-18)9-12-28-13-10-17(11-14-28)20-15-30-21-4-2-1-3-19(20)21/h1-4,15-18H,5-14H2,(H,27,29). The molecule has 0 atom stereocenters. The Kier molecular flexibility index (Phi) is 6.37. The fourth-order valence-corrected chi connectivity index (χ4v) is 5.01. The van der Waals surface area contributed by atoms with E-state index in [4.69, 9.17) is 4.42 Å². The summed E-state index contributed by atoms with van der Waals surface area (Å²) in [6, 6.07) is 7.86. The first kappa shape index (κ1) is 21.2. The van der Waals surface area contributed by atoms with Crippen LogP contribution in [0.1, 0.15) is 56.4 Å². The molecule has 1 aliphatic heterocycles. The van der Waals surface area contributed by atoms with Crippen LogP contribution in [0.5, 0.6) is 0 Å². The van der Waals surface area contributed by atoms with Crippen LogP contribution >= 0.6 is 0 Å². The van der Waals surface area contributed by atoms with Crippen molar-refractivity contribution in [1.82, 2.24) is 10.2 Å². The van der Waals surface area contributed by atoms with Crippen LogP contribution in [-0.2, 0) is 4.79 Å². The molecule has 30 heavy (non-hydrogen) atoms. The summed E-state index contributed by atoms with van der Waals surface area (Å²) >= 11 is 0. The average molecular weight is 422 g/mol. The van der Waals surface area contributed by atoms with Gasteiger partial charge in [-0.05, 0) is 82.5 Å². The van der Waals surface area contributed by atoms with E-state index in [1.54, 1.807) is 0 Å². The summed E-state index contributed by atoms with van der Waals surface area (Å²) in [5.41, 5.74) is 2.28. The molecule has 2 aromatic rings. The maximum Gasteiger partial charge on any atom is 0.471 e. The molecule has 1 aliphatic carbocycles. The summed E-state index contributed by atoms with van der Waals surface area (Å²) in [6.07, 6.45) is 3.52. The van der Waals surface area contributed by atoms with Crippen LogP contribution in [-0.4, -0.2) is 42.7 Å². The van der Waals surface area contributed by atoms with Crippen molar-refractivity contribution in [3.8, 4) is 0 Å². The highest BCUT2D eigenvalue weighted by Gasteiger charge is 2.40. The monoisotopic (exact) mass is 422 g/mol. The Morgan fingerprint density at radius 3 is 2.47 bits per heavy atom. The maximum absolute atomic E-state index is 12.4. The number of hydrogen-bond donors (Lipinski definition) is 1. The molecule has 164 valence electrons. The van der Waals surface area contributed by atoms with Crippen molar-refractivity contribution >= 4 is 16.9 Å². The van der Waals surface area contributed by atoms with E-state index in [9.17, 15) is 18.0 Å². The maximum atomic E-state index is 12.4. The Bertz CT molecular complexity index is 847. The molecule has 0 radical (unpaired) electrons. The van der Waals surface area contributed by atoms with Gasteiger partial charge in [-0.3, -0.25) is 4.79 Å². The van der Waals surface area contributed by atoms with E-state index in [1.165, 1.54) is 10.9 Å². The number of carbonyl (C=O) groups is 1. The Morgan fingerprint density at radius 2 is 1.77 bits per heavy atom. The van der Waals surface area contributed by atoms with Gasteiger partial charge in [0.05, 0.1) is 6.26 Å². The second-order valence-corrected chi connectivity index (χ2v) is 8.78. The zero-order chi connectivity index (χ0) is 21.1. The van der Waals surface area contributed by atoms with Crippen molar-refractivity contribution in [2.45, 2.75) is 63.1 Å². The van der Waals surface area contributed by atoms with Gasteiger partial charge in [0.15, 0.2) is 0 Å². The normalized spacial score (nSPS) is 24.2. The number of hydrogen-bond acceptors (Lipinski definition) is 3. The molecule has 1 saturated carbocycles. The fourth-order valence-electron chi connectivity index (χ4n) is 5.01. The third kappa shape index (κ3) is 4.99. The van der Waals surface area contributed by atoms with Gasteiger partial charge >= 0.3 is 12.1 Å². The number of piperidine rings is 1. The smallest absolute Gasteiger partial charge is 0.464 e. The molecule has 4 nitrogen and oxygen atoms in total. The molecule has 2 fully saturated rings. The molecule has 1 N–H and O–H groups in total. The topological polar surface area (TPSA) is 45.5 Å². The first-order valence-electron chi connectivity index (χ1n) is 11.0. The summed E-state index contributed by atoms with van der Waals surface area (Å²) in [4.78, 5) is 13.6. The lowest BCUT2D eigenvalue weighted by Gasteiger charge is -2.34. The molecule has 4 rings (SSSR count).